The summed E-state index contributed by atoms with van der Waals surface area (Å²) in [5.74, 6) is 1.04. The molecular weight excluding hydrogens is 641 g/mol. The first-order chi connectivity index (χ1) is 21.6. The van der Waals surface area contributed by atoms with Crippen LogP contribution in [0.4, 0.5) is 14.9 Å². The zero-order valence-corrected chi connectivity index (χ0v) is 27.8. The lowest BCUT2D eigenvalue weighted by Gasteiger charge is -2.42. The lowest BCUT2D eigenvalue weighted by atomic mass is 9.88. The van der Waals surface area contributed by atoms with Gasteiger partial charge in [0.05, 0.1) is 6.54 Å². The quantitative estimate of drug-likeness (QED) is 0.295. The molecule has 0 radical (unpaired) electrons. The summed E-state index contributed by atoms with van der Waals surface area (Å²) < 4.78 is 15.8. The summed E-state index contributed by atoms with van der Waals surface area (Å²) in [6.07, 6.45) is 3.91. The molecule has 3 atom stereocenters. The number of nitrogens with one attached hydrogen (secondary N) is 3. The molecule has 2 aliphatic heterocycles. The van der Waals surface area contributed by atoms with Crippen molar-refractivity contribution >= 4 is 33.6 Å². The molecule has 2 aliphatic rings. The number of carbonyl (C=O) groups excluding carboxylic acids is 2. The van der Waals surface area contributed by atoms with E-state index in [-0.39, 0.29) is 35.8 Å². The smallest absolute Gasteiger partial charge is 0.319 e. The molecule has 0 saturated carbocycles. The molecule has 1 aromatic heterocycles. The number of carbonyl (C=O) groups is 2. The maximum atomic E-state index is 13.4. The molecule has 3 heterocycles. The fourth-order valence-corrected chi connectivity index (χ4v) is 7.06. The third-order valence-electron chi connectivity index (χ3n) is 8.52. The molecule has 3 N–H and O–H groups in total. The van der Waals surface area contributed by atoms with E-state index in [2.05, 4.69) is 57.2 Å². The van der Waals surface area contributed by atoms with Gasteiger partial charge in [0.2, 0.25) is 5.91 Å². The van der Waals surface area contributed by atoms with Gasteiger partial charge in [0.1, 0.15) is 5.82 Å². The van der Waals surface area contributed by atoms with Gasteiger partial charge in [-0.3, -0.25) is 9.69 Å². The predicted octanol–water partition coefficient (Wildman–Crippen LogP) is 4.07. The number of anilines is 1. The van der Waals surface area contributed by atoms with Gasteiger partial charge < -0.3 is 20.9 Å². The first-order valence-electron chi connectivity index (χ1n) is 15.7. The van der Waals surface area contributed by atoms with Crippen molar-refractivity contribution in [3.63, 3.8) is 0 Å². The molecule has 3 aromatic rings. The van der Waals surface area contributed by atoms with Crippen molar-refractivity contribution in [2.75, 3.05) is 44.6 Å². The number of halogens is 2. The van der Waals surface area contributed by atoms with Gasteiger partial charge in [0.15, 0.2) is 5.82 Å². The molecule has 0 bridgehead atoms. The molecule has 5 rings (SSSR count). The predicted molar refractivity (Wildman–Crippen MR) is 175 cm³/mol. The van der Waals surface area contributed by atoms with Gasteiger partial charge in [-0.15, -0.1) is 5.10 Å². The fourth-order valence-electron chi connectivity index (χ4n) is 6.57. The van der Waals surface area contributed by atoms with Crippen molar-refractivity contribution in [2.24, 2.45) is 18.9 Å². The zero-order valence-electron chi connectivity index (χ0n) is 26.2. The van der Waals surface area contributed by atoms with Crippen LogP contribution >= 0.6 is 15.9 Å². The summed E-state index contributed by atoms with van der Waals surface area (Å²) in [7, 11) is 1.77. The molecular formula is C32H43BrFN9O2. The van der Waals surface area contributed by atoms with Crippen molar-refractivity contribution < 1.29 is 14.0 Å². The molecule has 242 valence electrons. The standard InChI is InChI=1S/C32H43BrFN9O2/c1-21(2)35-30(44)20-43-12-10-29(37-32(45)36-28-15-24(14-26(33)16-28)31-38-39-40-41(31)3)25(19-43)18-42-11-4-5-23(17-42)13-22-6-8-27(34)9-7-22/h6-9,14-16,21,23,25,29H,4-5,10-13,17-20H2,1-3H3,(H,35,44)(H2,36,37,45)/t23-,25-,29+/m0/s1. The number of aryl methyl sites for hydroxylation is 1. The minimum atomic E-state index is -0.274. The van der Waals surface area contributed by atoms with Crippen molar-refractivity contribution in [2.45, 2.75) is 51.6 Å². The Morgan fingerprint density at radius 2 is 1.87 bits per heavy atom. The van der Waals surface area contributed by atoms with Crippen LogP contribution in [0, 0.1) is 17.7 Å². The molecule has 0 aliphatic carbocycles. The monoisotopic (exact) mass is 683 g/mol. The van der Waals surface area contributed by atoms with E-state index in [0.717, 1.165) is 74.0 Å². The molecule has 0 unspecified atom stereocenters. The average Bonchev–Trinajstić information content (AvgIpc) is 3.41. The van der Waals surface area contributed by atoms with E-state index in [9.17, 15) is 14.0 Å². The number of nitrogens with zero attached hydrogens (tertiary/aromatic N) is 6. The third kappa shape index (κ3) is 9.54. The lowest BCUT2D eigenvalue weighted by molar-refractivity contribution is -0.123. The van der Waals surface area contributed by atoms with Crippen LogP contribution in [0.2, 0.25) is 0 Å². The molecule has 2 aromatic carbocycles. The second-order valence-electron chi connectivity index (χ2n) is 12.7. The fraction of sp³-hybridized carbons (Fsp3) is 0.531. The minimum Gasteiger partial charge on any atom is -0.353 e. The molecule has 45 heavy (non-hydrogen) atoms. The van der Waals surface area contributed by atoms with Gasteiger partial charge in [-0.25, -0.2) is 13.9 Å². The second-order valence-corrected chi connectivity index (χ2v) is 13.6. The van der Waals surface area contributed by atoms with Crippen molar-refractivity contribution in [1.82, 2.24) is 40.6 Å². The number of rotatable bonds is 10. The van der Waals surface area contributed by atoms with Crippen LogP contribution in [-0.2, 0) is 18.3 Å². The van der Waals surface area contributed by atoms with Gasteiger partial charge in [-0.2, -0.15) is 0 Å². The van der Waals surface area contributed by atoms with E-state index in [1.807, 2.05) is 44.2 Å². The van der Waals surface area contributed by atoms with Gasteiger partial charge in [0.25, 0.3) is 0 Å². The highest BCUT2D eigenvalue weighted by atomic mass is 79.9. The lowest BCUT2D eigenvalue weighted by Crippen LogP contribution is -2.56. The van der Waals surface area contributed by atoms with Crippen molar-refractivity contribution in [3.05, 3.63) is 58.3 Å². The highest BCUT2D eigenvalue weighted by Gasteiger charge is 2.34. The molecule has 2 saturated heterocycles. The Kier molecular flexibility index (Phi) is 11.2. The van der Waals surface area contributed by atoms with Crippen LogP contribution in [0.15, 0.2) is 46.9 Å². The number of piperidine rings is 2. The summed E-state index contributed by atoms with van der Waals surface area (Å²) >= 11 is 3.54. The van der Waals surface area contributed by atoms with E-state index >= 15 is 0 Å². The first kappa shape index (κ1) is 33.0. The SMILES string of the molecule is CC(C)NC(=O)CN1CC[C@@H](NC(=O)Nc2cc(Br)cc(-c3nnnn3C)c2)[C@@H](CN2CCC[C@@H](Cc3ccc(F)cc3)C2)C1. The summed E-state index contributed by atoms with van der Waals surface area (Å²) in [5, 5.41) is 21.0. The average molecular weight is 685 g/mol. The van der Waals surface area contributed by atoms with Crippen molar-refractivity contribution in [3.8, 4) is 11.4 Å². The van der Waals surface area contributed by atoms with E-state index in [4.69, 9.17) is 0 Å². The Balaban J connectivity index is 1.24. The molecule has 13 heteroatoms. The van der Waals surface area contributed by atoms with Crippen LogP contribution in [0.25, 0.3) is 11.4 Å². The highest BCUT2D eigenvalue weighted by Crippen LogP contribution is 2.27. The molecule has 2 fully saturated rings. The van der Waals surface area contributed by atoms with Crippen LogP contribution in [-0.4, -0.2) is 93.3 Å². The van der Waals surface area contributed by atoms with E-state index in [1.54, 1.807) is 11.7 Å². The summed E-state index contributed by atoms with van der Waals surface area (Å²) in [4.78, 5) is 30.7. The van der Waals surface area contributed by atoms with Gasteiger partial charge in [0, 0.05) is 67.0 Å². The topological polar surface area (TPSA) is 120 Å². The van der Waals surface area contributed by atoms with Crippen LogP contribution in [0.3, 0.4) is 0 Å². The van der Waals surface area contributed by atoms with Crippen molar-refractivity contribution in [1.29, 1.82) is 0 Å². The Hall–Kier alpha value is -3.42. The normalized spacial score (nSPS) is 21.1. The second kappa shape index (κ2) is 15.2. The number of tetrazole rings is 1. The number of benzene rings is 2. The number of amides is 3. The number of hydrogen-bond donors (Lipinski definition) is 3. The van der Waals surface area contributed by atoms with E-state index in [1.165, 1.54) is 12.1 Å². The van der Waals surface area contributed by atoms with Crippen LogP contribution < -0.4 is 16.0 Å². The van der Waals surface area contributed by atoms with E-state index in [0.29, 0.717) is 24.0 Å². The largest absolute Gasteiger partial charge is 0.353 e. The maximum Gasteiger partial charge on any atom is 0.319 e. The molecule has 0 spiro atoms. The molecule has 3 amide bonds. The Morgan fingerprint density at radius 1 is 1.07 bits per heavy atom. The maximum absolute atomic E-state index is 13.4. The number of urea groups is 1. The summed E-state index contributed by atoms with van der Waals surface area (Å²) in [5.41, 5.74) is 2.56. The van der Waals surface area contributed by atoms with Gasteiger partial charge in [-0.1, -0.05) is 28.1 Å². The molecule has 11 nitrogen and oxygen atoms in total. The van der Waals surface area contributed by atoms with Crippen LogP contribution in [0.5, 0.6) is 0 Å². The zero-order chi connectivity index (χ0) is 31.9. The number of likely N-dealkylation sites (tertiary alicyclic amines) is 2. The number of hydrogen-bond acceptors (Lipinski definition) is 7. The summed E-state index contributed by atoms with van der Waals surface area (Å²) in [6.45, 7) is 8.50. The van der Waals surface area contributed by atoms with Gasteiger partial charge >= 0.3 is 6.03 Å². The Labute approximate surface area is 272 Å². The first-order valence-corrected chi connectivity index (χ1v) is 16.5. The number of aromatic nitrogens is 4. The third-order valence-corrected chi connectivity index (χ3v) is 8.98. The Bertz CT molecular complexity index is 1450. The Morgan fingerprint density at radius 3 is 2.60 bits per heavy atom. The van der Waals surface area contributed by atoms with Gasteiger partial charge in [-0.05, 0) is 98.3 Å². The minimum absolute atomic E-state index is 0.0220. The highest BCUT2D eigenvalue weighted by molar-refractivity contribution is 9.10. The van der Waals surface area contributed by atoms with Crippen LogP contribution in [0.1, 0.15) is 38.7 Å². The van der Waals surface area contributed by atoms with E-state index < -0.39 is 0 Å². The summed E-state index contributed by atoms with van der Waals surface area (Å²) in [6, 6.07) is 12.2.